The Morgan fingerprint density at radius 1 is 1.28 bits per heavy atom. The van der Waals surface area contributed by atoms with Crippen LogP contribution in [0, 0.1) is 0 Å². The van der Waals surface area contributed by atoms with E-state index in [1.54, 1.807) is 12.3 Å². The molecule has 2 aliphatic rings. The average molecular weight is 462 g/mol. The first-order valence-electron chi connectivity index (χ1n) is 10.1. The van der Waals surface area contributed by atoms with E-state index < -0.39 is 38.1 Å². The summed E-state index contributed by atoms with van der Waals surface area (Å²) in [7, 11) is -4.09. The molecule has 0 amide bonds. The number of anilines is 1. The van der Waals surface area contributed by atoms with Gasteiger partial charge in [-0.1, -0.05) is 30.3 Å². The summed E-state index contributed by atoms with van der Waals surface area (Å²) in [5.74, 6) is 0.264. The monoisotopic (exact) mass is 462 g/mol. The lowest BCUT2D eigenvalue weighted by Crippen LogP contribution is -2.44. The second-order valence-corrected chi connectivity index (χ2v) is 9.50. The Labute approximate surface area is 183 Å². The fraction of sp³-hybridized carbons (Fsp3) is 0.400. The minimum atomic E-state index is -4.09. The average Bonchev–Trinajstić information content (AvgIpc) is 3.29. The summed E-state index contributed by atoms with van der Waals surface area (Å²) in [6.07, 6.45) is -1.28. The van der Waals surface area contributed by atoms with Gasteiger partial charge >= 0.3 is 7.82 Å². The van der Waals surface area contributed by atoms with E-state index in [4.69, 9.17) is 24.0 Å². The third-order valence-corrected chi connectivity index (χ3v) is 7.18. The number of nitrogen functional groups attached to an aromatic ring is 1. The topological polar surface area (TPSA) is 151 Å². The van der Waals surface area contributed by atoms with Crippen LogP contribution < -0.4 is 5.73 Å². The van der Waals surface area contributed by atoms with Gasteiger partial charge in [-0.3, -0.25) is 13.6 Å². The largest absolute Gasteiger partial charge is 0.477 e. The van der Waals surface area contributed by atoms with Crippen molar-refractivity contribution in [2.24, 2.45) is 0 Å². The van der Waals surface area contributed by atoms with E-state index in [1.165, 1.54) is 17.8 Å². The van der Waals surface area contributed by atoms with Crippen LogP contribution in [0.5, 0.6) is 0 Å². The molecular formula is C20H23N4O7P. The van der Waals surface area contributed by atoms with Crippen molar-refractivity contribution in [1.82, 2.24) is 14.5 Å². The predicted molar refractivity (Wildman–Crippen MR) is 112 cm³/mol. The molecule has 0 spiro atoms. The van der Waals surface area contributed by atoms with Gasteiger partial charge in [-0.05, 0) is 18.6 Å². The van der Waals surface area contributed by atoms with Gasteiger partial charge in [-0.2, -0.15) is 0 Å². The zero-order valence-electron chi connectivity index (χ0n) is 17.1. The quantitative estimate of drug-likeness (QED) is 0.493. The van der Waals surface area contributed by atoms with Crippen LogP contribution in [0.2, 0.25) is 0 Å². The van der Waals surface area contributed by atoms with E-state index in [0.717, 1.165) is 5.56 Å². The summed E-state index contributed by atoms with van der Waals surface area (Å²) in [5, 5.41) is 22.3. The molecule has 170 valence electrons. The second-order valence-electron chi connectivity index (χ2n) is 7.93. The molecule has 2 aromatic heterocycles. The summed E-state index contributed by atoms with van der Waals surface area (Å²) in [5.41, 5.74) is 5.29. The van der Waals surface area contributed by atoms with Crippen molar-refractivity contribution in [3.63, 3.8) is 0 Å². The molecule has 2 aliphatic heterocycles. The van der Waals surface area contributed by atoms with Crippen molar-refractivity contribution in [1.29, 1.82) is 0 Å². The Morgan fingerprint density at radius 2 is 2.06 bits per heavy atom. The fourth-order valence-corrected chi connectivity index (χ4v) is 5.42. The Hall–Kier alpha value is -2.37. The van der Waals surface area contributed by atoms with Crippen molar-refractivity contribution in [3.8, 4) is 0 Å². The molecule has 2 fully saturated rings. The summed E-state index contributed by atoms with van der Waals surface area (Å²) < 4.78 is 37.0. The van der Waals surface area contributed by atoms with E-state index >= 15 is 0 Å². The Kier molecular flexibility index (Phi) is 5.30. The van der Waals surface area contributed by atoms with E-state index in [2.05, 4.69) is 9.97 Å². The van der Waals surface area contributed by atoms with Gasteiger partial charge < -0.3 is 25.3 Å². The lowest BCUT2D eigenvalue weighted by Gasteiger charge is -2.31. The molecule has 32 heavy (non-hydrogen) atoms. The molecule has 0 bridgehead atoms. The highest BCUT2D eigenvalue weighted by Crippen LogP contribution is 2.59. The number of nitrogens with zero attached hydrogens (tertiary/aromatic N) is 3. The van der Waals surface area contributed by atoms with Crippen LogP contribution in [0.25, 0.3) is 11.0 Å². The van der Waals surface area contributed by atoms with Crippen LogP contribution in [0.15, 0.2) is 48.9 Å². The zero-order valence-corrected chi connectivity index (χ0v) is 18.0. The summed E-state index contributed by atoms with van der Waals surface area (Å²) >= 11 is 0. The number of hydrogen-bond acceptors (Lipinski definition) is 10. The number of hydrogen-bond donors (Lipinski definition) is 3. The molecule has 1 aromatic carbocycles. The molecular weight excluding hydrogens is 439 g/mol. The third kappa shape index (κ3) is 3.61. The van der Waals surface area contributed by atoms with Crippen LogP contribution in [0.1, 0.15) is 31.2 Å². The highest BCUT2D eigenvalue weighted by Gasteiger charge is 2.56. The summed E-state index contributed by atoms with van der Waals surface area (Å²) in [6.45, 7) is 1.52. The number of aliphatic hydroxyl groups excluding tert-OH is 1. The first-order valence-corrected chi connectivity index (χ1v) is 11.5. The van der Waals surface area contributed by atoms with E-state index in [1.807, 2.05) is 30.3 Å². The van der Waals surface area contributed by atoms with Gasteiger partial charge in [0.25, 0.3) is 0 Å². The molecule has 2 saturated heterocycles. The molecule has 0 aliphatic carbocycles. The Balaban J connectivity index is 1.39. The molecule has 11 nitrogen and oxygen atoms in total. The molecule has 12 heteroatoms. The van der Waals surface area contributed by atoms with Gasteiger partial charge in [0.15, 0.2) is 6.23 Å². The van der Waals surface area contributed by atoms with Crippen LogP contribution in [-0.4, -0.2) is 49.4 Å². The smallest absolute Gasteiger partial charge is 0.385 e. The van der Waals surface area contributed by atoms with Crippen LogP contribution in [-0.2, 0) is 22.9 Å². The van der Waals surface area contributed by atoms with Gasteiger partial charge in [-0.15, -0.1) is 0 Å². The van der Waals surface area contributed by atoms with Crippen molar-refractivity contribution < 1.29 is 33.1 Å². The number of aliphatic hydroxyl groups is 2. The van der Waals surface area contributed by atoms with Gasteiger partial charge in [-0.25, -0.2) is 14.5 Å². The van der Waals surface area contributed by atoms with Crippen molar-refractivity contribution >= 4 is 24.7 Å². The van der Waals surface area contributed by atoms with Crippen molar-refractivity contribution in [3.05, 3.63) is 54.5 Å². The van der Waals surface area contributed by atoms with E-state index in [0.29, 0.717) is 17.5 Å². The number of benzene rings is 1. The summed E-state index contributed by atoms with van der Waals surface area (Å²) in [6, 6.07) is 10.9. The van der Waals surface area contributed by atoms with Gasteiger partial charge in [0, 0.05) is 12.6 Å². The molecule has 0 saturated carbocycles. The van der Waals surface area contributed by atoms with Crippen molar-refractivity contribution in [2.45, 2.75) is 43.7 Å². The maximum absolute atomic E-state index is 13.2. The molecule has 4 heterocycles. The molecule has 0 radical (unpaired) electrons. The van der Waals surface area contributed by atoms with Crippen LogP contribution >= 0.6 is 7.82 Å². The third-order valence-electron chi connectivity index (χ3n) is 5.70. The maximum Gasteiger partial charge on any atom is 0.477 e. The highest BCUT2D eigenvalue weighted by molar-refractivity contribution is 7.48. The lowest BCUT2D eigenvalue weighted by atomic mass is 9.99. The van der Waals surface area contributed by atoms with Gasteiger partial charge in [0.05, 0.1) is 18.1 Å². The molecule has 4 N–H and O–H groups in total. The van der Waals surface area contributed by atoms with Crippen LogP contribution in [0.3, 0.4) is 0 Å². The van der Waals surface area contributed by atoms with Crippen LogP contribution in [0.4, 0.5) is 5.82 Å². The highest BCUT2D eigenvalue weighted by atomic mass is 31.2. The minimum Gasteiger partial charge on any atom is -0.385 e. The minimum absolute atomic E-state index is 0.137. The fourth-order valence-electron chi connectivity index (χ4n) is 3.96. The standard InChI is InChI=1S/C20H23N4O7P/c1-20(26)15(25)18(29-19(20)24-9-7-13-16(21)22-11-23-17(13)24)31-32(27)28-10-8-14(30-32)12-5-3-2-4-6-12/h2-7,9,11,14-15,18-19,25-26H,8,10H2,1H3,(H2,21,22,23)/t14-,15-,18?,19-,20-,32?/m1/s1. The number of rotatable bonds is 4. The van der Waals surface area contributed by atoms with Gasteiger partial charge in [0.1, 0.15) is 29.5 Å². The summed E-state index contributed by atoms with van der Waals surface area (Å²) in [4.78, 5) is 8.13. The SMILES string of the molecule is C[C@@]1(O)[C@H](O)C(OP2(=O)OCC[C@H](c3ccccc3)O2)O[C@H]1n1ccc2c(N)ncnc21. The Bertz CT molecular complexity index is 1170. The first kappa shape index (κ1) is 21.5. The number of phosphoric acid groups is 1. The maximum atomic E-state index is 13.2. The number of aromatic nitrogens is 3. The lowest BCUT2D eigenvalue weighted by molar-refractivity contribution is -0.145. The molecule has 6 atom stereocenters. The number of ether oxygens (including phenoxy) is 1. The molecule has 3 aromatic rings. The number of phosphoric ester groups is 1. The second kappa shape index (κ2) is 7.89. The Morgan fingerprint density at radius 3 is 2.84 bits per heavy atom. The normalized spacial score (nSPS) is 35.3. The molecule has 5 rings (SSSR count). The van der Waals surface area contributed by atoms with Gasteiger partial charge in [0.2, 0.25) is 6.29 Å². The van der Waals surface area contributed by atoms with E-state index in [9.17, 15) is 14.8 Å². The van der Waals surface area contributed by atoms with E-state index in [-0.39, 0.29) is 12.4 Å². The molecule has 2 unspecified atom stereocenters. The number of nitrogens with two attached hydrogens (primary N) is 1. The zero-order chi connectivity index (χ0) is 22.5. The number of fused-ring (bicyclic) bond motifs is 1. The first-order chi connectivity index (χ1) is 15.3. The predicted octanol–water partition coefficient (Wildman–Crippen LogP) is 2.28. The van der Waals surface area contributed by atoms with Crippen molar-refractivity contribution in [2.75, 3.05) is 12.3 Å².